The third kappa shape index (κ3) is 4.60. The fraction of sp³-hybridized carbons (Fsp3) is 0.417. The second-order valence-corrected chi connectivity index (χ2v) is 9.13. The second kappa shape index (κ2) is 9.48. The number of aromatic nitrogens is 2. The molecule has 0 bridgehead atoms. The highest BCUT2D eigenvalue weighted by atomic mass is 35.5. The Morgan fingerprint density at radius 3 is 2.56 bits per heavy atom. The third-order valence-corrected chi connectivity index (χ3v) is 6.83. The minimum Gasteiger partial charge on any atom is -0.404 e. The summed E-state index contributed by atoms with van der Waals surface area (Å²) in [6.07, 6.45) is 5.44. The SMILES string of the molecule is C=C(C)/C(Cl)=C\C(=C/N)CNC1CCN(C[C@@H]2Cn3c(=O)ccc4ccc(=O)n2c43)CC1. The summed E-state index contributed by atoms with van der Waals surface area (Å²) in [6.45, 7) is 9.55. The van der Waals surface area contributed by atoms with Crippen LogP contribution in [0.3, 0.4) is 0 Å². The van der Waals surface area contributed by atoms with E-state index in [4.69, 9.17) is 17.3 Å². The monoisotopic (exact) mass is 455 g/mol. The Bertz CT molecular complexity index is 1200. The van der Waals surface area contributed by atoms with Gasteiger partial charge in [0.25, 0.3) is 11.1 Å². The molecule has 1 fully saturated rings. The lowest BCUT2D eigenvalue weighted by Crippen LogP contribution is -2.45. The van der Waals surface area contributed by atoms with E-state index in [0.29, 0.717) is 24.2 Å². The molecule has 0 saturated carbocycles. The molecule has 7 nitrogen and oxygen atoms in total. The van der Waals surface area contributed by atoms with Crippen molar-refractivity contribution in [3.63, 3.8) is 0 Å². The molecule has 2 aliphatic rings. The van der Waals surface area contributed by atoms with Gasteiger partial charge in [-0.15, -0.1) is 0 Å². The van der Waals surface area contributed by atoms with Crippen molar-refractivity contribution in [3.05, 3.63) is 80.0 Å². The van der Waals surface area contributed by atoms with Crippen LogP contribution in [0.25, 0.3) is 11.0 Å². The quantitative estimate of drug-likeness (QED) is 0.626. The van der Waals surface area contributed by atoms with Gasteiger partial charge >= 0.3 is 0 Å². The van der Waals surface area contributed by atoms with Gasteiger partial charge in [0.2, 0.25) is 0 Å². The largest absolute Gasteiger partial charge is 0.404 e. The number of allylic oxidation sites excluding steroid dienone is 2. The first-order chi connectivity index (χ1) is 15.4. The number of halogens is 1. The van der Waals surface area contributed by atoms with Crippen LogP contribution in [0.2, 0.25) is 0 Å². The molecule has 170 valence electrons. The highest BCUT2D eigenvalue weighted by Crippen LogP contribution is 2.25. The van der Waals surface area contributed by atoms with Crippen molar-refractivity contribution >= 4 is 22.6 Å². The van der Waals surface area contributed by atoms with E-state index in [0.717, 1.165) is 54.7 Å². The fourth-order valence-electron chi connectivity index (χ4n) is 4.62. The highest BCUT2D eigenvalue weighted by molar-refractivity contribution is 6.32. The highest BCUT2D eigenvalue weighted by Gasteiger charge is 2.29. The van der Waals surface area contributed by atoms with Crippen molar-refractivity contribution < 1.29 is 0 Å². The standard InChI is InChI=1S/C24H30ClN5O2/c1-16(2)21(25)11-17(12-26)13-27-19-7-9-28(10-8-19)14-20-15-29-22(31)5-3-18-4-6-23(32)30(20)24(18)29/h3-6,11-12,19-20,27H,1,7-10,13-15,26H2,2H3/b17-12+,21-11+/t20-/m1/s1. The maximum Gasteiger partial charge on any atom is 0.252 e. The average molecular weight is 456 g/mol. The Morgan fingerprint density at radius 1 is 1.22 bits per heavy atom. The lowest BCUT2D eigenvalue weighted by molar-refractivity contribution is 0.173. The molecule has 0 spiro atoms. The number of hydrogen-bond donors (Lipinski definition) is 2. The van der Waals surface area contributed by atoms with Crippen molar-refractivity contribution in [2.45, 2.75) is 38.4 Å². The number of nitrogens with zero attached hydrogens (tertiary/aromatic N) is 3. The van der Waals surface area contributed by atoms with E-state index >= 15 is 0 Å². The predicted octanol–water partition coefficient (Wildman–Crippen LogP) is 2.31. The molecule has 0 aromatic carbocycles. The minimum atomic E-state index is -0.0492. The molecular formula is C24H30ClN5O2. The first kappa shape index (κ1) is 22.6. The molecule has 2 aliphatic heterocycles. The Kier molecular flexibility index (Phi) is 6.69. The van der Waals surface area contributed by atoms with Gasteiger partial charge in [0.1, 0.15) is 5.65 Å². The topological polar surface area (TPSA) is 85.3 Å². The van der Waals surface area contributed by atoms with Crippen LogP contribution in [0.15, 0.2) is 68.9 Å². The molecule has 1 saturated heterocycles. The lowest BCUT2D eigenvalue weighted by atomic mass is 10.0. The fourth-order valence-corrected chi connectivity index (χ4v) is 4.76. The number of nitrogens with one attached hydrogen (secondary N) is 1. The van der Waals surface area contributed by atoms with Crippen molar-refractivity contribution in [3.8, 4) is 0 Å². The van der Waals surface area contributed by atoms with Crippen LogP contribution in [0.1, 0.15) is 25.8 Å². The van der Waals surface area contributed by atoms with Crippen LogP contribution < -0.4 is 22.2 Å². The summed E-state index contributed by atoms with van der Waals surface area (Å²) in [5.41, 5.74) is 8.14. The van der Waals surface area contributed by atoms with Crippen molar-refractivity contribution in [1.82, 2.24) is 19.4 Å². The van der Waals surface area contributed by atoms with Gasteiger partial charge in [0, 0.05) is 48.2 Å². The Hall–Kier alpha value is -2.61. The van der Waals surface area contributed by atoms with Crippen molar-refractivity contribution in [1.29, 1.82) is 0 Å². The van der Waals surface area contributed by atoms with Gasteiger partial charge in [-0.1, -0.05) is 18.2 Å². The Morgan fingerprint density at radius 2 is 1.91 bits per heavy atom. The number of pyridine rings is 2. The molecule has 2 aromatic rings. The van der Waals surface area contributed by atoms with Crippen molar-refractivity contribution in [2.75, 3.05) is 26.2 Å². The van der Waals surface area contributed by atoms with Crippen LogP contribution in [-0.4, -0.2) is 46.3 Å². The summed E-state index contributed by atoms with van der Waals surface area (Å²) in [5, 5.41) is 5.11. The summed E-state index contributed by atoms with van der Waals surface area (Å²) in [5.74, 6) is 0. The van der Waals surface area contributed by atoms with Gasteiger partial charge in [-0.05, 0) is 68.4 Å². The van der Waals surface area contributed by atoms with Crippen LogP contribution in [0, 0.1) is 0 Å². The minimum absolute atomic E-state index is 0.0213. The predicted molar refractivity (Wildman–Crippen MR) is 130 cm³/mol. The first-order valence-electron chi connectivity index (χ1n) is 11.0. The van der Waals surface area contributed by atoms with Gasteiger partial charge in [-0.25, -0.2) is 0 Å². The molecule has 0 aliphatic carbocycles. The van der Waals surface area contributed by atoms with E-state index in [1.165, 1.54) is 0 Å². The normalized spacial score (nSPS) is 20.2. The molecule has 32 heavy (non-hydrogen) atoms. The zero-order valence-electron chi connectivity index (χ0n) is 18.4. The lowest BCUT2D eigenvalue weighted by Gasteiger charge is -2.34. The number of rotatable bonds is 7. The number of likely N-dealkylation sites (tertiary alicyclic amines) is 1. The van der Waals surface area contributed by atoms with Gasteiger partial charge in [0.15, 0.2) is 0 Å². The molecule has 0 unspecified atom stereocenters. The smallest absolute Gasteiger partial charge is 0.252 e. The van der Waals surface area contributed by atoms with E-state index in [9.17, 15) is 9.59 Å². The van der Waals surface area contributed by atoms with E-state index in [1.54, 1.807) is 39.6 Å². The molecule has 0 amide bonds. The Labute approximate surface area is 192 Å². The van der Waals surface area contributed by atoms with E-state index in [2.05, 4.69) is 16.8 Å². The summed E-state index contributed by atoms with van der Waals surface area (Å²) < 4.78 is 3.54. The number of piperidine rings is 1. The van der Waals surface area contributed by atoms with Gasteiger partial charge in [-0.2, -0.15) is 0 Å². The molecule has 4 heterocycles. The number of nitrogens with two attached hydrogens (primary N) is 1. The van der Waals surface area contributed by atoms with E-state index < -0.39 is 0 Å². The van der Waals surface area contributed by atoms with Gasteiger partial charge < -0.3 is 16.0 Å². The maximum atomic E-state index is 12.6. The Balaban J connectivity index is 1.35. The zero-order chi connectivity index (χ0) is 22.8. The van der Waals surface area contributed by atoms with Crippen molar-refractivity contribution in [2.24, 2.45) is 5.73 Å². The molecule has 1 atom stereocenters. The molecular weight excluding hydrogens is 426 g/mol. The van der Waals surface area contributed by atoms with Crippen LogP contribution in [0.5, 0.6) is 0 Å². The molecule has 0 radical (unpaired) electrons. The van der Waals surface area contributed by atoms with Gasteiger partial charge in [0.05, 0.1) is 6.04 Å². The summed E-state index contributed by atoms with van der Waals surface area (Å²) in [6, 6.07) is 7.15. The van der Waals surface area contributed by atoms with E-state index in [1.807, 2.05) is 13.0 Å². The molecule has 4 rings (SSSR count). The molecule has 3 N–H and O–H groups in total. The number of hydrogen-bond acceptors (Lipinski definition) is 5. The average Bonchev–Trinajstić information content (AvgIpc) is 3.17. The maximum absolute atomic E-state index is 12.6. The van der Waals surface area contributed by atoms with Crippen LogP contribution in [0.4, 0.5) is 0 Å². The summed E-state index contributed by atoms with van der Waals surface area (Å²) in [7, 11) is 0. The first-order valence-corrected chi connectivity index (χ1v) is 11.4. The summed E-state index contributed by atoms with van der Waals surface area (Å²) >= 11 is 6.18. The summed E-state index contributed by atoms with van der Waals surface area (Å²) in [4.78, 5) is 27.3. The van der Waals surface area contributed by atoms with Crippen LogP contribution in [-0.2, 0) is 6.54 Å². The molecule has 2 aromatic heterocycles. The van der Waals surface area contributed by atoms with Crippen LogP contribution >= 0.6 is 11.6 Å². The van der Waals surface area contributed by atoms with E-state index in [-0.39, 0.29) is 17.2 Å². The zero-order valence-corrected chi connectivity index (χ0v) is 19.1. The third-order valence-electron chi connectivity index (χ3n) is 6.40. The van der Waals surface area contributed by atoms with Gasteiger partial charge in [-0.3, -0.25) is 18.7 Å². The second-order valence-electron chi connectivity index (χ2n) is 8.73. The molecule has 8 heteroatoms.